The van der Waals surface area contributed by atoms with Gasteiger partial charge in [-0.3, -0.25) is 0 Å². The Morgan fingerprint density at radius 3 is 2.18 bits per heavy atom. The lowest BCUT2D eigenvalue weighted by atomic mass is 9.94. The fourth-order valence-electron chi connectivity index (χ4n) is 1.69. The molecule has 1 aliphatic rings. The highest BCUT2D eigenvalue weighted by atomic mass is 35.5. The van der Waals surface area contributed by atoms with Crippen LogP contribution in [0.15, 0.2) is 0 Å². The van der Waals surface area contributed by atoms with Crippen LogP contribution in [0, 0.1) is 0 Å². The Hall–Kier alpha value is 0.250. The van der Waals surface area contributed by atoms with Crippen molar-refractivity contribution in [2.24, 2.45) is 0 Å². The van der Waals surface area contributed by atoms with Crippen LogP contribution in [0.2, 0.25) is 0 Å². The van der Waals surface area contributed by atoms with Crippen molar-refractivity contribution in [2.75, 3.05) is 0 Å². The van der Waals surface area contributed by atoms with Crippen LogP contribution in [-0.2, 0) is 0 Å². The van der Waals surface area contributed by atoms with Crippen molar-refractivity contribution < 1.29 is 0 Å². The topological polar surface area (TPSA) is 12.0 Å². The predicted molar refractivity (Wildman–Crippen MR) is 50.2 cm³/mol. The molecule has 0 unspecified atom stereocenters. The summed E-state index contributed by atoms with van der Waals surface area (Å²) in [5.41, 5.74) is 0. The quantitative estimate of drug-likeness (QED) is 0.637. The van der Waals surface area contributed by atoms with Crippen LogP contribution in [-0.4, -0.2) is 17.5 Å². The van der Waals surface area contributed by atoms with Gasteiger partial charge in [0.15, 0.2) is 0 Å². The van der Waals surface area contributed by atoms with Gasteiger partial charge in [-0.2, -0.15) is 0 Å². The van der Waals surface area contributed by atoms with Crippen molar-refractivity contribution in [3.63, 3.8) is 0 Å². The standard InChI is InChI=1S/C9H18ClN/c1-7(2)11-9-5-3-8(10)4-6-9/h7-9,11H,3-6H2,1-2H3. The molecule has 0 aromatic heterocycles. The lowest BCUT2D eigenvalue weighted by molar-refractivity contribution is 0.355. The highest BCUT2D eigenvalue weighted by molar-refractivity contribution is 6.20. The number of alkyl halides is 1. The Labute approximate surface area is 74.5 Å². The van der Waals surface area contributed by atoms with E-state index in [9.17, 15) is 0 Å². The van der Waals surface area contributed by atoms with E-state index in [1.807, 2.05) is 0 Å². The van der Waals surface area contributed by atoms with E-state index >= 15 is 0 Å². The average molecular weight is 176 g/mol. The first-order chi connectivity index (χ1) is 5.18. The SMILES string of the molecule is CC(C)NC1CCC(Cl)CC1. The monoisotopic (exact) mass is 175 g/mol. The molecule has 0 aromatic carbocycles. The van der Waals surface area contributed by atoms with Gasteiger partial charge >= 0.3 is 0 Å². The molecular weight excluding hydrogens is 158 g/mol. The second-order valence-corrected chi connectivity index (χ2v) is 4.39. The summed E-state index contributed by atoms with van der Waals surface area (Å²) >= 11 is 5.99. The normalized spacial score (nSPS) is 32.7. The van der Waals surface area contributed by atoms with Crippen molar-refractivity contribution in [3.05, 3.63) is 0 Å². The summed E-state index contributed by atoms with van der Waals surface area (Å²) < 4.78 is 0. The highest BCUT2D eigenvalue weighted by Crippen LogP contribution is 2.22. The number of hydrogen-bond acceptors (Lipinski definition) is 1. The molecule has 0 spiro atoms. The summed E-state index contributed by atoms with van der Waals surface area (Å²) in [4.78, 5) is 0. The summed E-state index contributed by atoms with van der Waals surface area (Å²) in [6.07, 6.45) is 4.89. The molecule has 0 radical (unpaired) electrons. The van der Waals surface area contributed by atoms with Crippen LogP contribution in [0.25, 0.3) is 0 Å². The summed E-state index contributed by atoms with van der Waals surface area (Å²) in [6, 6.07) is 1.34. The Balaban J connectivity index is 2.17. The van der Waals surface area contributed by atoms with Crippen LogP contribution in [0.4, 0.5) is 0 Å². The van der Waals surface area contributed by atoms with Crippen LogP contribution < -0.4 is 5.32 Å². The van der Waals surface area contributed by atoms with Crippen molar-refractivity contribution >= 4 is 11.6 Å². The molecule has 1 aliphatic carbocycles. The van der Waals surface area contributed by atoms with Crippen molar-refractivity contribution in [2.45, 2.75) is 57.0 Å². The first-order valence-electron chi connectivity index (χ1n) is 4.58. The molecular formula is C9H18ClN. The molecule has 0 saturated heterocycles. The van der Waals surface area contributed by atoms with Gasteiger partial charge in [-0.15, -0.1) is 11.6 Å². The zero-order chi connectivity index (χ0) is 8.27. The summed E-state index contributed by atoms with van der Waals surface area (Å²) in [7, 11) is 0. The Kier molecular flexibility index (Phi) is 3.67. The summed E-state index contributed by atoms with van der Waals surface area (Å²) in [5.74, 6) is 0. The van der Waals surface area contributed by atoms with Gasteiger partial charge in [-0.05, 0) is 25.7 Å². The number of nitrogens with one attached hydrogen (secondary N) is 1. The molecule has 1 rings (SSSR count). The maximum absolute atomic E-state index is 5.99. The Morgan fingerprint density at radius 1 is 1.18 bits per heavy atom. The van der Waals surface area contributed by atoms with Crippen molar-refractivity contribution in [3.8, 4) is 0 Å². The molecule has 1 saturated carbocycles. The smallest absolute Gasteiger partial charge is 0.0337 e. The van der Waals surface area contributed by atoms with Gasteiger partial charge in [0, 0.05) is 17.5 Å². The number of halogens is 1. The first-order valence-corrected chi connectivity index (χ1v) is 5.02. The van der Waals surface area contributed by atoms with E-state index in [2.05, 4.69) is 19.2 Å². The van der Waals surface area contributed by atoms with Gasteiger partial charge in [0.25, 0.3) is 0 Å². The highest BCUT2D eigenvalue weighted by Gasteiger charge is 2.19. The van der Waals surface area contributed by atoms with Crippen molar-refractivity contribution in [1.29, 1.82) is 0 Å². The second-order valence-electron chi connectivity index (χ2n) is 3.77. The molecule has 11 heavy (non-hydrogen) atoms. The van der Waals surface area contributed by atoms with E-state index in [0.29, 0.717) is 11.4 Å². The zero-order valence-electron chi connectivity index (χ0n) is 7.44. The van der Waals surface area contributed by atoms with E-state index in [4.69, 9.17) is 11.6 Å². The third-order valence-corrected chi connectivity index (χ3v) is 2.66. The van der Waals surface area contributed by atoms with Crippen LogP contribution in [0.3, 0.4) is 0 Å². The molecule has 66 valence electrons. The van der Waals surface area contributed by atoms with E-state index < -0.39 is 0 Å². The fourth-order valence-corrected chi connectivity index (χ4v) is 1.94. The van der Waals surface area contributed by atoms with Gasteiger partial charge in [-0.1, -0.05) is 13.8 Å². The van der Waals surface area contributed by atoms with E-state index in [1.54, 1.807) is 0 Å². The summed E-state index contributed by atoms with van der Waals surface area (Å²) in [6.45, 7) is 4.40. The van der Waals surface area contributed by atoms with Crippen LogP contribution in [0.1, 0.15) is 39.5 Å². The molecule has 1 fully saturated rings. The van der Waals surface area contributed by atoms with E-state index in [1.165, 1.54) is 25.7 Å². The van der Waals surface area contributed by atoms with Crippen molar-refractivity contribution in [1.82, 2.24) is 5.32 Å². The largest absolute Gasteiger partial charge is 0.312 e. The third kappa shape index (κ3) is 3.44. The lowest BCUT2D eigenvalue weighted by Gasteiger charge is -2.27. The molecule has 0 amide bonds. The maximum atomic E-state index is 5.99. The van der Waals surface area contributed by atoms with Gasteiger partial charge in [0.2, 0.25) is 0 Å². The molecule has 1 nitrogen and oxygen atoms in total. The summed E-state index contributed by atoms with van der Waals surface area (Å²) in [5, 5.41) is 3.99. The number of rotatable bonds is 2. The number of hydrogen-bond donors (Lipinski definition) is 1. The molecule has 2 heteroatoms. The van der Waals surface area contributed by atoms with E-state index in [-0.39, 0.29) is 0 Å². The molecule has 0 aliphatic heterocycles. The van der Waals surface area contributed by atoms with Crippen LogP contribution >= 0.6 is 11.6 Å². The van der Waals surface area contributed by atoms with Gasteiger partial charge in [-0.25, -0.2) is 0 Å². The molecule has 1 N–H and O–H groups in total. The first kappa shape index (κ1) is 9.34. The molecule has 0 aromatic rings. The fraction of sp³-hybridized carbons (Fsp3) is 1.00. The second kappa shape index (κ2) is 4.32. The molecule has 0 bridgehead atoms. The Bertz CT molecular complexity index is 106. The maximum Gasteiger partial charge on any atom is 0.0337 e. The lowest BCUT2D eigenvalue weighted by Crippen LogP contribution is -2.37. The van der Waals surface area contributed by atoms with Gasteiger partial charge in [0.05, 0.1) is 0 Å². The minimum atomic E-state index is 0.445. The minimum Gasteiger partial charge on any atom is -0.312 e. The predicted octanol–water partition coefficient (Wildman–Crippen LogP) is 2.53. The van der Waals surface area contributed by atoms with Crippen LogP contribution in [0.5, 0.6) is 0 Å². The molecule has 0 heterocycles. The Morgan fingerprint density at radius 2 is 1.73 bits per heavy atom. The van der Waals surface area contributed by atoms with Gasteiger partial charge in [0.1, 0.15) is 0 Å². The third-order valence-electron chi connectivity index (χ3n) is 2.23. The van der Waals surface area contributed by atoms with E-state index in [0.717, 1.165) is 6.04 Å². The zero-order valence-corrected chi connectivity index (χ0v) is 8.19. The molecule has 0 atom stereocenters. The minimum absolute atomic E-state index is 0.445. The van der Waals surface area contributed by atoms with Gasteiger partial charge < -0.3 is 5.32 Å². The average Bonchev–Trinajstić information content (AvgIpc) is 1.93.